The Morgan fingerprint density at radius 3 is 2.62 bits per heavy atom. The highest BCUT2D eigenvalue weighted by Gasteiger charge is 2.18. The van der Waals surface area contributed by atoms with Crippen molar-refractivity contribution >= 4 is 28.4 Å². The van der Waals surface area contributed by atoms with Gasteiger partial charge in [0.05, 0.1) is 29.4 Å². The van der Waals surface area contributed by atoms with Crippen molar-refractivity contribution in [2.24, 2.45) is 10.7 Å². The van der Waals surface area contributed by atoms with Crippen LogP contribution in [0.1, 0.15) is 55.1 Å². The number of rotatable bonds is 7. The van der Waals surface area contributed by atoms with Crippen LogP contribution in [0.5, 0.6) is 0 Å². The second-order valence-corrected chi connectivity index (χ2v) is 9.70. The number of amides is 1. The fourth-order valence-corrected chi connectivity index (χ4v) is 3.92. The average molecular weight is 502 g/mol. The van der Waals surface area contributed by atoms with Crippen molar-refractivity contribution in [1.82, 2.24) is 19.8 Å². The molecular weight excluding hydrogens is 470 g/mol. The molecule has 0 radical (unpaired) electrons. The lowest BCUT2D eigenvalue weighted by molar-refractivity contribution is 0.0904. The zero-order chi connectivity index (χ0) is 26.9. The maximum atomic E-state index is 13.2. The molecule has 0 aliphatic rings. The Morgan fingerprint density at radius 2 is 1.97 bits per heavy atom. The molecular formula is C27H31N7O3. The first kappa shape index (κ1) is 25.8. The number of aryl methyl sites for hydroxylation is 2. The number of aliphatic hydroxyl groups is 1. The van der Waals surface area contributed by atoms with E-state index in [0.29, 0.717) is 39.9 Å². The first-order valence-corrected chi connectivity index (χ1v) is 11.8. The molecule has 4 aromatic rings. The van der Waals surface area contributed by atoms with Crippen molar-refractivity contribution in [2.45, 2.75) is 47.1 Å². The van der Waals surface area contributed by atoms with E-state index >= 15 is 0 Å². The van der Waals surface area contributed by atoms with Crippen molar-refractivity contribution in [3.8, 4) is 11.4 Å². The molecule has 0 bridgehead atoms. The summed E-state index contributed by atoms with van der Waals surface area (Å²) in [6.07, 6.45) is 3.34. The SMILES string of the molecule is CC(=NCC(C)(C)O)/C(=C(/C)N)c1ccc2c(C(=O)Nc3cc(-c4noc(C)n4)ccc3C)cnn2c1. The summed E-state index contributed by atoms with van der Waals surface area (Å²) < 4.78 is 6.71. The topological polar surface area (TPSA) is 144 Å². The van der Waals surface area contributed by atoms with Crippen LogP contribution in [-0.2, 0) is 0 Å². The number of aromatic nitrogens is 4. The smallest absolute Gasteiger partial charge is 0.259 e. The van der Waals surface area contributed by atoms with Gasteiger partial charge in [0, 0.05) is 46.9 Å². The number of anilines is 1. The molecule has 10 nitrogen and oxygen atoms in total. The first-order chi connectivity index (χ1) is 17.4. The van der Waals surface area contributed by atoms with Gasteiger partial charge < -0.3 is 20.7 Å². The van der Waals surface area contributed by atoms with Crippen LogP contribution in [0.15, 0.2) is 57.9 Å². The molecule has 3 aromatic heterocycles. The lowest BCUT2D eigenvalue weighted by Gasteiger charge is -2.16. The summed E-state index contributed by atoms with van der Waals surface area (Å²) in [4.78, 5) is 22.0. The molecule has 0 saturated carbocycles. The van der Waals surface area contributed by atoms with Crippen LogP contribution in [0.4, 0.5) is 5.69 Å². The highest BCUT2D eigenvalue weighted by molar-refractivity contribution is 6.23. The minimum Gasteiger partial charge on any atom is -0.402 e. The van der Waals surface area contributed by atoms with Gasteiger partial charge in [-0.05, 0) is 52.3 Å². The first-order valence-electron chi connectivity index (χ1n) is 11.8. The Hall–Kier alpha value is -4.31. The molecule has 0 aliphatic carbocycles. The van der Waals surface area contributed by atoms with Crippen molar-refractivity contribution in [1.29, 1.82) is 0 Å². The zero-order valence-corrected chi connectivity index (χ0v) is 21.8. The molecule has 37 heavy (non-hydrogen) atoms. The van der Waals surface area contributed by atoms with E-state index in [0.717, 1.165) is 22.3 Å². The average Bonchev–Trinajstić information content (AvgIpc) is 3.44. The van der Waals surface area contributed by atoms with Crippen LogP contribution in [0.3, 0.4) is 0 Å². The van der Waals surface area contributed by atoms with E-state index < -0.39 is 5.60 Å². The highest BCUT2D eigenvalue weighted by Crippen LogP contribution is 2.26. The molecule has 0 unspecified atom stereocenters. The van der Waals surface area contributed by atoms with Crippen LogP contribution >= 0.6 is 0 Å². The Kier molecular flexibility index (Phi) is 6.95. The van der Waals surface area contributed by atoms with Crippen LogP contribution in [0, 0.1) is 13.8 Å². The predicted octanol–water partition coefficient (Wildman–Crippen LogP) is 4.17. The number of hydrogen-bond donors (Lipinski definition) is 3. The van der Waals surface area contributed by atoms with E-state index in [1.807, 2.05) is 50.4 Å². The van der Waals surface area contributed by atoms with Crippen LogP contribution in [0.2, 0.25) is 0 Å². The third-order valence-electron chi connectivity index (χ3n) is 5.78. The minimum atomic E-state index is -0.925. The monoisotopic (exact) mass is 501 g/mol. The normalized spacial score (nSPS) is 13.1. The van der Waals surface area contributed by atoms with Crippen molar-refractivity contribution in [3.63, 3.8) is 0 Å². The third-order valence-corrected chi connectivity index (χ3v) is 5.78. The van der Waals surface area contributed by atoms with Crippen LogP contribution < -0.4 is 11.1 Å². The Bertz CT molecular complexity index is 1530. The third kappa shape index (κ3) is 5.75. The van der Waals surface area contributed by atoms with Crippen LogP contribution in [0.25, 0.3) is 22.5 Å². The van der Waals surface area contributed by atoms with Crippen molar-refractivity contribution < 1.29 is 14.4 Å². The molecule has 3 heterocycles. The number of nitrogens with one attached hydrogen (secondary N) is 1. The van der Waals surface area contributed by atoms with Gasteiger partial charge in [0.25, 0.3) is 5.91 Å². The quantitative estimate of drug-likeness (QED) is 0.322. The Labute approximate surface area is 214 Å². The maximum absolute atomic E-state index is 13.2. The molecule has 10 heteroatoms. The fraction of sp³-hybridized carbons (Fsp3) is 0.296. The summed E-state index contributed by atoms with van der Waals surface area (Å²) in [5.74, 6) is 0.631. The molecule has 0 saturated heterocycles. The Morgan fingerprint density at radius 1 is 1.22 bits per heavy atom. The largest absolute Gasteiger partial charge is 0.402 e. The summed E-state index contributed by atoms with van der Waals surface area (Å²) in [5.41, 5.74) is 11.5. The summed E-state index contributed by atoms with van der Waals surface area (Å²) in [6, 6.07) is 9.30. The Balaban J connectivity index is 1.62. The lowest BCUT2D eigenvalue weighted by Crippen LogP contribution is -2.23. The molecule has 1 amide bonds. The molecule has 0 fully saturated rings. The van der Waals surface area contributed by atoms with Gasteiger partial charge in [-0.25, -0.2) is 4.52 Å². The van der Waals surface area contributed by atoms with Crippen LogP contribution in [-0.4, -0.2) is 48.6 Å². The molecule has 0 atom stereocenters. The molecule has 192 valence electrons. The zero-order valence-electron chi connectivity index (χ0n) is 21.8. The minimum absolute atomic E-state index is 0.247. The molecule has 4 N–H and O–H groups in total. The number of carbonyl (C=O) groups excluding carboxylic acids is 1. The second-order valence-electron chi connectivity index (χ2n) is 9.70. The van der Waals surface area contributed by atoms with E-state index in [1.54, 1.807) is 32.2 Å². The highest BCUT2D eigenvalue weighted by atomic mass is 16.5. The van der Waals surface area contributed by atoms with Gasteiger partial charge in [-0.1, -0.05) is 23.4 Å². The number of fused-ring (bicyclic) bond motifs is 1. The summed E-state index contributed by atoms with van der Waals surface area (Å²) in [6.45, 7) is 10.9. The van der Waals surface area contributed by atoms with Gasteiger partial charge in [0.15, 0.2) is 0 Å². The standard InChI is InChI=1S/C27H31N7O3/c1-15-7-8-19(25-31-18(4)37-33-25)11-22(15)32-26(35)21-12-30-34-13-20(9-10-23(21)34)24(16(2)28)17(3)29-14-27(5,6)36/h7-13,36H,14,28H2,1-6H3,(H,32,35)/b24-16+,29-17?. The molecule has 0 aliphatic heterocycles. The van der Waals surface area contributed by atoms with Gasteiger partial charge in [-0.15, -0.1) is 0 Å². The summed E-state index contributed by atoms with van der Waals surface area (Å²) in [7, 11) is 0. The summed E-state index contributed by atoms with van der Waals surface area (Å²) >= 11 is 0. The van der Waals surface area contributed by atoms with Gasteiger partial charge in [0.1, 0.15) is 0 Å². The molecule has 1 aromatic carbocycles. The number of hydrogen-bond acceptors (Lipinski definition) is 8. The number of carbonyl (C=O) groups is 1. The van der Waals surface area contributed by atoms with E-state index in [2.05, 4.69) is 25.5 Å². The number of allylic oxidation sites excluding steroid dienone is 2. The van der Waals surface area contributed by atoms with Gasteiger partial charge >= 0.3 is 0 Å². The van der Waals surface area contributed by atoms with Gasteiger partial charge in [-0.2, -0.15) is 10.1 Å². The second kappa shape index (κ2) is 9.98. The molecule has 0 spiro atoms. The number of aliphatic imine (C=N–C) groups is 1. The van der Waals surface area contributed by atoms with Gasteiger partial charge in [0.2, 0.25) is 11.7 Å². The maximum Gasteiger partial charge on any atom is 0.259 e. The van der Waals surface area contributed by atoms with Crippen molar-refractivity contribution in [2.75, 3.05) is 11.9 Å². The van der Waals surface area contributed by atoms with E-state index in [1.165, 1.54) is 6.20 Å². The van der Waals surface area contributed by atoms with Crippen molar-refractivity contribution in [3.05, 3.63) is 71.0 Å². The van der Waals surface area contributed by atoms with E-state index in [9.17, 15) is 9.90 Å². The molecule has 4 rings (SSSR count). The number of nitrogens with two attached hydrogens (primary N) is 1. The number of pyridine rings is 1. The fourth-order valence-electron chi connectivity index (χ4n) is 3.92. The number of nitrogens with zero attached hydrogens (tertiary/aromatic N) is 5. The van der Waals surface area contributed by atoms with E-state index in [4.69, 9.17) is 10.3 Å². The summed E-state index contributed by atoms with van der Waals surface area (Å²) in [5, 5.41) is 21.4. The van der Waals surface area contributed by atoms with Gasteiger partial charge in [-0.3, -0.25) is 9.79 Å². The van der Waals surface area contributed by atoms with E-state index in [-0.39, 0.29) is 12.5 Å². The predicted molar refractivity (Wildman–Crippen MR) is 143 cm³/mol. The lowest BCUT2D eigenvalue weighted by atomic mass is 10.0. The number of benzene rings is 1.